The predicted octanol–water partition coefficient (Wildman–Crippen LogP) is 7.89. The van der Waals surface area contributed by atoms with E-state index in [0.717, 1.165) is 38.3 Å². The van der Waals surface area contributed by atoms with Crippen LogP contribution in [0.2, 0.25) is 0 Å². The molecule has 7 heteroatoms. The zero-order chi connectivity index (χ0) is 31.9. The van der Waals surface area contributed by atoms with Crippen LogP contribution in [0.1, 0.15) is 108 Å². The first kappa shape index (κ1) is 34.6. The zero-order valence-corrected chi connectivity index (χ0v) is 28.1. The predicted molar refractivity (Wildman–Crippen MR) is 185 cm³/mol. The van der Waals surface area contributed by atoms with Gasteiger partial charge in [0.2, 0.25) is 0 Å². The van der Waals surface area contributed by atoms with Crippen molar-refractivity contribution in [1.82, 2.24) is 14.7 Å². The summed E-state index contributed by atoms with van der Waals surface area (Å²) in [6, 6.07) is 20.1. The second kappa shape index (κ2) is 18.6. The van der Waals surface area contributed by atoms with E-state index in [1.165, 1.54) is 93.1 Å². The Kier molecular flexibility index (Phi) is 14.3. The maximum atomic E-state index is 13.5. The van der Waals surface area contributed by atoms with Gasteiger partial charge in [0.05, 0.1) is 6.54 Å². The summed E-state index contributed by atoms with van der Waals surface area (Å²) in [6.07, 6.45) is 18.4. The summed E-state index contributed by atoms with van der Waals surface area (Å²) in [7, 11) is 3.31. The van der Waals surface area contributed by atoms with Crippen molar-refractivity contribution >= 4 is 23.6 Å². The van der Waals surface area contributed by atoms with Gasteiger partial charge in [-0.05, 0) is 29.0 Å². The molecule has 0 bridgehead atoms. The monoisotopic (exact) mass is 614 g/mol. The van der Waals surface area contributed by atoms with Crippen molar-refractivity contribution in [1.29, 1.82) is 0 Å². The maximum absolute atomic E-state index is 13.5. The molecule has 2 aliphatic heterocycles. The van der Waals surface area contributed by atoms with Crippen molar-refractivity contribution in [2.24, 2.45) is 4.99 Å². The van der Waals surface area contributed by atoms with Gasteiger partial charge in [-0.1, -0.05) is 145 Å². The van der Waals surface area contributed by atoms with Gasteiger partial charge in [-0.15, -0.1) is 0 Å². The molecule has 0 N–H and O–H groups in total. The first-order valence-corrected chi connectivity index (χ1v) is 17.6. The molecule has 0 aromatic heterocycles. The zero-order valence-electron chi connectivity index (χ0n) is 28.1. The molecule has 2 aromatic rings. The van der Waals surface area contributed by atoms with Gasteiger partial charge < -0.3 is 0 Å². The summed E-state index contributed by atoms with van der Waals surface area (Å²) in [5, 5.41) is 0. The standard InChI is InChI=1S/C38H56N5O2/c1-4-5-6-7-8-9-10-11-12-13-14-15-16-23-28-43-34(39-36-35(43)37(44)41(3)38(45)40(36)2)31-42(29-32-24-19-17-20-25-32)30-33-26-21-18-22-27-33/h17-22,24-27,35H,4-16,23,28-31H2,1-3H3/q+1. The molecule has 0 spiro atoms. The highest BCUT2D eigenvalue weighted by atomic mass is 16.2. The molecule has 45 heavy (non-hydrogen) atoms. The largest absolute Gasteiger partial charge is 0.333 e. The molecule has 7 nitrogen and oxygen atoms in total. The fraction of sp³-hybridized carbons (Fsp3) is 0.579. The number of hydrogen-bond acceptors (Lipinski definition) is 4. The minimum atomic E-state index is -0.537. The highest BCUT2D eigenvalue weighted by Crippen LogP contribution is 2.21. The number of unbranched alkanes of at least 4 members (excludes halogenated alkanes) is 13. The SMILES string of the molecule is CCCCCCCCCCCCCCCC[N+]1=C(CN(Cc2ccccc2)Cc2ccccc2)N=C2C1C(=O)N(C)C(=O)N2C. The molecule has 2 aromatic carbocycles. The lowest BCUT2D eigenvalue weighted by atomic mass is 10.0. The summed E-state index contributed by atoms with van der Waals surface area (Å²) in [4.78, 5) is 36.4. The van der Waals surface area contributed by atoms with E-state index >= 15 is 0 Å². The van der Waals surface area contributed by atoms with Crippen LogP contribution in [0.5, 0.6) is 0 Å². The van der Waals surface area contributed by atoms with Crippen LogP contribution in [0.15, 0.2) is 65.7 Å². The van der Waals surface area contributed by atoms with E-state index in [2.05, 4.69) is 64.9 Å². The van der Waals surface area contributed by atoms with Crippen molar-refractivity contribution in [3.05, 3.63) is 71.8 Å². The molecule has 1 unspecified atom stereocenters. The summed E-state index contributed by atoms with van der Waals surface area (Å²) in [6.45, 7) is 5.17. The van der Waals surface area contributed by atoms with E-state index in [9.17, 15) is 9.59 Å². The van der Waals surface area contributed by atoms with Crippen molar-refractivity contribution in [3.8, 4) is 0 Å². The molecule has 3 amide bonds. The number of urea groups is 1. The smallest absolute Gasteiger partial charge is 0.284 e. The van der Waals surface area contributed by atoms with Crippen LogP contribution in [0.4, 0.5) is 4.79 Å². The molecule has 1 saturated heterocycles. The number of rotatable bonds is 21. The second-order valence-electron chi connectivity index (χ2n) is 12.9. The quantitative estimate of drug-likeness (QED) is 0.106. The Morgan fingerprint density at radius 3 is 1.60 bits per heavy atom. The Balaban J connectivity index is 1.35. The van der Waals surface area contributed by atoms with Crippen molar-refractivity contribution in [2.75, 3.05) is 27.2 Å². The molecule has 1 fully saturated rings. The molecule has 0 aliphatic carbocycles. The van der Waals surface area contributed by atoms with Gasteiger partial charge in [-0.25, -0.2) is 9.37 Å². The molecule has 244 valence electrons. The van der Waals surface area contributed by atoms with Gasteiger partial charge in [-0.3, -0.25) is 19.5 Å². The third-order valence-corrected chi connectivity index (χ3v) is 9.23. The number of nitrogens with zero attached hydrogens (tertiary/aromatic N) is 5. The highest BCUT2D eigenvalue weighted by Gasteiger charge is 2.52. The average Bonchev–Trinajstić information content (AvgIpc) is 3.41. The first-order chi connectivity index (χ1) is 22.0. The van der Waals surface area contributed by atoms with Gasteiger partial charge in [0.15, 0.2) is 0 Å². The molecule has 1 atom stereocenters. The maximum Gasteiger partial charge on any atom is 0.333 e. The highest BCUT2D eigenvalue weighted by molar-refractivity contribution is 6.23. The number of carbonyl (C=O) groups is 2. The lowest BCUT2D eigenvalue weighted by Gasteiger charge is -2.30. The molecule has 0 saturated carbocycles. The molecule has 4 rings (SSSR count). The fourth-order valence-electron chi connectivity index (χ4n) is 6.56. The molecular formula is C38H56N5O2+. The van der Waals surface area contributed by atoms with Crippen molar-refractivity contribution < 1.29 is 14.2 Å². The number of aliphatic imine (C=N–C) groups is 1. The Morgan fingerprint density at radius 2 is 1.11 bits per heavy atom. The van der Waals surface area contributed by atoms with E-state index in [1.54, 1.807) is 19.0 Å². The normalized spacial score (nSPS) is 16.6. The number of amides is 3. The first-order valence-electron chi connectivity index (χ1n) is 17.6. The Hall–Kier alpha value is -3.32. The van der Waals surface area contributed by atoms with Gasteiger partial charge in [0.25, 0.3) is 17.8 Å². The van der Waals surface area contributed by atoms with Gasteiger partial charge in [-0.2, -0.15) is 0 Å². The van der Waals surface area contributed by atoms with E-state index in [1.807, 2.05) is 12.1 Å². The number of imide groups is 1. The molecular weight excluding hydrogens is 558 g/mol. The number of likely N-dealkylation sites (N-methyl/N-ethyl adjacent to an activating group) is 2. The van der Waals surface area contributed by atoms with Gasteiger partial charge >= 0.3 is 11.9 Å². The lowest BCUT2D eigenvalue weighted by molar-refractivity contribution is -0.537. The number of fused-ring (bicyclic) bond motifs is 1. The lowest BCUT2D eigenvalue weighted by Crippen LogP contribution is -2.61. The van der Waals surface area contributed by atoms with Gasteiger partial charge in [0, 0.05) is 27.2 Å². The van der Waals surface area contributed by atoms with Crippen LogP contribution in [-0.2, 0) is 17.9 Å². The van der Waals surface area contributed by atoms with Crippen LogP contribution in [-0.4, -0.2) is 76.1 Å². The third kappa shape index (κ3) is 10.4. The van der Waals surface area contributed by atoms with Crippen molar-refractivity contribution in [3.63, 3.8) is 0 Å². The number of carbonyl (C=O) groups excluding carboxylic acids is 2. The van der Waals surface area contributed by atoms with Crippen LogP contribution < -0.4 is 0 Å². The van der Waals surface area contributed by atoms with E-state index in [-0.39, 0.29) is 11.9 Å². The molecule has 2 heterocycles. The number of benzene rings is 2. The fourth-order valence-corrected chi connectivity index (χ4v) is 6.56. The Labute approximate surface area is 272 Å². The summed E-state index contributed by atoms with van der Waals surface area (Å²) in [5.74, 6) is 1.25. The topological polar surface area (TPSA) is 59.2 Å². The Morgan fingerprint density at radius 1 is 0.644 bits per heavy atom. The van der Waals surface area contributed by atoms with E-state index in [4.69, 9.17) is 4.99 Å². The number of hydrogen-bond donors (Lipinski definition) is 0. The molecule has 0 radical (unpaired) electrons. The van der Waals surface area contributed by atoms with Crippen LogP contribution in [0.25, 0.3) is 0 Å². The van der Waals surface area contributed by atoms with Crippen LogP contribution >= 0.6 is 0 Å². The summed E-state index contributed by atoms with van der Waals surface area (Å²) < 4.78 is 2.18. The van der Waals surface area contributed by atoms with Crippen LogP contribution in [0, 0.1) is 0 Å². The minimum Gasteiger partial charge on any atom is -0.284 e. The summed E-state index contributed by atoms with van der Waals surface area (Å²) in [5.41, 5.74) is 2.47. The van der Waals surface area contributed by atoms with Crippen LogP contribution in [0.3, 0.4) is 0 Å². The average molecular weight is 615 g/mol. The summed E-state index contributed by atoms with van der Waals surface area (Å²) >= 11 is 0. The van der Waals surface area contributed by atoms with Crippen molar-refractivity contribution in [2.45, 2.75) is 116 Å². The molecule has 2 aliphatic rings. The van der Waals surface area contributed by atoms with E-state index < -0.39 is 6.04 Å². The second-order valence-corrected chi connectivity index (χ2v) is 12.9. The minimum absolute atomic E-state index is 0.185. The van der Waals surface area contributed by atoms with E-state index in [0.29, 0.717) is 12.4 Å². The Bertz CT molecular complexity index is 1220. The third-order valence-electron chi connectivity index (χ3n) is 9.23. The number of amidine groups is 2. The van der Waals surface area contributed by atoms with Gasteiger partial charge in [0.1, 0.15) is 6.54 Å².